The molecule has 1 atom stereocenters. The molecule has 0 saturated heterocycles. The van der Waals surface area contributed by atoms with Gasteiger partial charge in [-0.15, -0.1) is 10.2 Å². The van der Waals surface area contributed by atoms with E-state index in [1.165, 1.54) is 11.8 Å². The highest BCUT2D eigenvalue weighted by Gasteiger charge is 2.18. The van der Waals surface area contributed by atoms with Gasteiger partial charge in [0.2, 0.25) is 0 Å². The second kappa shape index (κ2) is 10.3. The van der Waals surface area contributed by atoms with E-state index in [1.807, 2.05) is 90.4 Å². The van der Waals surface area contributed by atoms with E-state index in [9.17, 15) is 5.11 Å². The lowest BCUT2D eigenvalue weighted by atomic mass is 10.1. The first kappa shape index (κ1) is 21.9. The van der Waals surface area contributed by atoms with Gasteiger partial charge in [-0.1, -0.05) is 54.2 Å². The van der Waals surface area contributed by atoms with Crippen LogP contribution in [0, 0.1) is 0 Å². The molecule has 0 radical (unpaired) electrons. The Labute approximate surface area is 191 Å². The summed E-state index contributed by atoms with van der Waals surface area (Å²) in [7, 11) is 1.64. The molecule has 1 unspecified atom stereocenters. The zero-order valence-electron chi connectivity index (χ0n) is 18.0. The second-order valence-corrected chi connectivity index (χ2v) is 8.03. The molecule has 1 N–H and O–H groups in total. The van der Waals surface area contributed by atoms with Crippen LogP contribution in [0.15, 0.2) is 84.0 Å². The standard InChI is InChI=1S/C25H25N3O3S/c1-3-31-21-14-12-20(13-15-21)28-24(19-10-7-11-22(16-19)30-2)26-27-25(28)32-17-23(29)18-8-5-4-6-9-18/h4-16,23,29H,3,17H2,1-2H3. The van der Waals surface area contributed by atoms with Crippen molar-refractivity contribution in [2.45, 2.75) is 18.2 Å². The highest BCUT2D eigenvalue weighted by molar-refractivity contribution is 7.99. The maximum absolute atomic E-state index is 10.6. The average Bonchev–Trinajstić information content (AvgIpc) is 3.28. The predicted molar refractivity (Wildman–Crippen MR) is 127 cm³/mol. The molecule has 7 heteroatoms. The molecule has 0 bridgehead atoms. The van der Waals surface area contributed by atoms with Crippen molar-refractivity contribution in [3.05, 3.63) is 84.4 Å². The van der Waals surface area contributed by atoms with E-state index >= 15 is 0 Å². The highest BCUT2D eigenvalue weighted by atomic mass is 32.2. The smallest absolute Gasteiger partial charge is 0.196 e. The summed E-state index contributed by atoms with van der Waals surface area (Å²) in [6.07, 6.45) is -0.605. The lowest BCUT2D eigenvalue weighted by Crippen LogP contribution is -2.04. The molecule has 0 aliphatic carbocycles. The van der Waals surface area contributed by atoms with Gasteiger partial charge in [0.05, 0.1) is 19.8 Å². The van der Waals surface area contributed by atoms with E-state index in [4.69, 9.17) is 9.47 Å². The molecule has 0 aliphatic heterocycles. The van der Waals surface area contributed by atoms with Crippen LogP contribution in [0.1, 0.15) is 18.6 Å². The van der Waals surface area contributed by atoms with Gasteiger partial charge in [-0.25, -0.2) is 0 Å². The van der Waals surface area contributed by atoms with Crippen LogP contribution in [-0.4, -0.2) is 39.3 Å². The van der Waals surface area contributed by atoms with Crippen molar-refractivity contribution in [2.24, 2.45) is 0 Å². The molecular formula is C25H25N3O3S. The van der Waals surface area contributed by atoms with Gasteiger partial charge in [-0.3, -0.25) is 4.57 Å². The zero-order valence-corrected chi connectivity index (χ0v) is 18.8. The first-order valence-corrected chi connectivity index (χ1v) is 11.4. The van der Waals surface area contributed by atoms with Gasteiger partial charge in [0.25, 0.3) is 0 Å². The number of aliphatic hydroxyl groups is 1. The minimum Gasteiger partial charge on any atom is -0.497 e. The number of methoxy groups -OCH3 is 1. The average molecular weight is 448 g/mol. The molecule has 3 aromatic carbocycles. The number of benzene rings is 3. The van der Waals surface area contributed by atoms with Gasteiger partial charge >= 0.3 is 0 Å². The number of hydrogen-bond acceptors (Lipinski definition) is 6. The van der Waals surface area contributed by atoms with Gasteiger partial charge in [-0.05, 0) is 48.9 Å². The number of hydrogen-bond donors (Lipinski definition) is 1. The predicted octanol–water partition coefficient (Wildman–Crippen LogP) is 5.17. The summed E-state index contributed by atoms with van der Waals surface area (Å²) in [5, 5.41) is 20.2. The Morgan fingerprint density at radius 1 is 0.938 bits per heavy atom. The third-order valence-corrected chi connectivity index (χ3v) is 5.93. The van der Waals surface area contributed by atoms with Crippen molar-refractivity contribution in [3.8, 4) is 28.6 Å². The topological polar surface area (TPSA) is 69.4 Å². The van der Waals surface area contributed by atoms with Crippen molar-refractivity contribution in [2.75, 3.05) is 19.5 Å². The molecule has 1 aromatic heterocycles. The summed E-state index contributed by atoms with van der Waals surface area (Å²) in [4.78, 5) is 0. The molecule has 32 heavy (non-hydrogen) atoms. The molecule has 0 amide bonds. The van der Waals surface area contributed by atoms with Crippen molar-refractivity contribution in [1.29, 1.82) is 0 Å². The summed E-state index contributed by atoms with van der Waals surface area (Å²) >= 11 is 1.46. The monoisotopic (exact) mass is 447 g/mol. The first-order valence-electron chi connectivity index (χ1n) is 10.4. The fourth-order valence-electron chi connectivity index (χ4n) is 3.33. The number of aliphatic hydroxyl groups excluding tert-OH is 1. The van der Waals surface area contributed by atoms with E-state index in [0.29, 0.717) is 23.3 Å². The third kappa shape index (κ3) is 4.95. The first-order chi connectivity index (χ1) is 15.7. The molecule has 4 aromatic rings. The lowest BCUT2D eigenvalue weighted by Gasteiger charge is -2.13. The SMILES string of the molecule is CCOc1ccc(-n2c(SCC(O)c3ccccc3)nnc2-c2cccc(OC)c2)cc1. The summed E-state index contributed by atoms with van der Waals surface area (Å²) < 4.78 is 13.0. The Morgan fingerprint density at radius 3 is 2.44 bits per heavy atom. The Kier molecular flexibility index (Phi) is 7.09. The Bertz CT molecular complexity index is 1150. The van der Waals surface area contributed by atoms with E-state index in [0.717, 1.165) is 28.3 Å². The van der Waals surface area contributed by atoms with Gasteiger partial charge in [0.15, 0.2) is 11.0 Å². The zero-order chi connectivity index (χ0) is 22.3. The van der Waals surface area contributed by atoms with Gasteiger partial charge < -0.3 is 14.6 Å². The molecule has 0 spiro atoms. The van der Waals surface area contributed by atoms with Crippen molar-refractivity contribution in [3.63, 3.8) is 0 Å². The van der Waals surface area contributed by atoms with Gasteiger partial charge in [0, 0.05) is 17.0 Å². The van der Waals surface area contributed by atoms with Crippen LogP contribution in [-0.2, 0) is 0 Å². The van der Waals surface area contributed by atoms with Crippen molar-refractivity contribution >= 4 is 11.8 Å². The van der Waals surface area contributed by atoms with Crippen LogP contribution in [0.4, 0.5) is 0 Å². The molecule has 0 fully saturated rings. The number of thioether (sulfide) groups is 1. The van der Waals surface area contributed by atoms with E-state index in [1.54, 1.807) is 7.11 Å². The fraction of sp³-hybridized carbons (Fsp3) is 0.200. The highest BCUT2D eigenvalue weighted by Crippen LogP contribution is 2.32. The number of ether oxygens (including phenoxy) is 2. The lowest BCUT2D eigenvalue weighted by molar-refractivity contribution is 0.204. The van der Waals surface area contributed by atoms with Crippen molar-refractivity contribution in [1.82, 2.24) is 14.8 Å². The van der Waals surface area contributed by atoms with Crippen LogP contribution >= 0.6 is 11.8 Å². The molecular weight excluding hydrogens is 422 g/mol. The maximum atomic E-state index is 10.6. The van der Waals surface area contributed by atoms with Crippen LogP contribution in [0.2, 0.25) is 0 Å². The van der Waals surface area contributed by atoms with E-state index in [-0.39, 0.29) is 0 Å². The maximum Gasteiger partial charge on any atom is 0.196 e. The molecule has 164 valence electrons. The number of nitrogens with zero attached hydrogens (tertiary/aromatic N) is 3. The Morgan fingerprint density at radius 2 is 1.72 bits per heavy atom. The largest absolute Gasteiger partial charge is 0.497 e. The molecule has 6 nitrogen and oxygen atoms in total. The van der Waals surface area contributed by atoms with E-state index < -0.39 is 6.10 Å². The summed E-state index contributed by atoms with van der Waals surface area (Å²) in [5.41, 5.74) is 2.68. The molecule has 0 aliphatic rings. The molecule has 1 heterocycles. The number of aromatic nitrogens is 3. The summed E-state index contributed by atoms with van der Waals surface area (Å²) in [6.45, 7) is 2.57. The summed E-state index contributed by atoms with van der Waals surface area (Å²) in [5.74, 6) is 2.71. The third-order valence-electron chi connectivity index (χ3n) is 4.92. The van der Waals surface area contributed by atoms with Gasteiger partial charge in [0.1, 0.15) is 11.5 Å². The Balaban J connectivity index is 1.68. The summed E-state index contributed by atoms with van der Waals surface area (Å²) in [6, 6.07) is 25.2. The van der Waals surface area contributed by atoms with Crippen LogP contribution in [0.3, 0.4) is 0 Å². The Hall–Kier alpha value is -3.29. The normalized spacial score (nSPS) is 11.8. The minimum atomic E-state index is -0.605. The van der Waals surface area contributed by atoms with Crippen LogP contribution < -0.4 is 9.47 Å². The fourth-order valence-corrected chi connectivity index (χ4v) is 4.25. The van der Waals surface area contributed by atoms with Crippen LogP contribution in [0.25, 0.3) is 17.1 Å². The van der Waals surface area contributed by atoms with E-state index in [2.05, 4.69) is 10.2 Å². The minimum absolute atomic E-state index is 0.456. The molecule has 0 saturated carbocycles. The quantitative estimate of drug-likeness (QED) is 0.357. The van der Waals surface area contributed by atoms with Gasteiger partial charge in [-0.2, -0.15) is 0 Å². The molecule has 4 rings (SSSR count). The van der Waals surface area contributed by atoms with Crippen LogP contribution in [0.5, 0.6) is 11.5 Å². The second-order valence-electron chi connectivity index (χ2n) is 7.04. The van der Waals surface area contributed by atoms with Crippen molar-refractivity contribution < 1.29 is 14.6 Å². The number of rotatable bonds is 9.